The number of likely N-dealkylation sites (N-methyl/N-ethyl adjacent to an activating group) is 1. The number of carbonyl (C=O) groups excluding carboxylic acids is 1. The number of nitrogens with one attached hydrogen (secondary N) is 2. The van der Waals surface area contributed by atoms with Crippen molar-refractivity contribution in [2.45, 2.75) is 6.42 Å². The Bertz CT molecular complexity index is 635. The van der Waals surface area contributed by atoms with Gasteiger partial charge in [-0.25, -0.2) is 15.0 Å². The zero-order valence-electron chi connectivity index (χ0n) is 13.2. The van der Waals surface area contributed by atoms with E-state index in [0.717, 1.165) is 37.7 Å². The third kappa shape index (κ3) is 4.04. The van der Waals surface area contributed by atoms with E-state index in [1.807, 2.05) is 0 Å². The number of piperazine rings is 1. The van der Waals surface area contributed by atoms with Gasteiger partial charge in [-0.15, -0.1) is 0 Å². The number of aromatic amines is 1. The maximum absolute atomic E-state index is 12.2. The molecule has 1 aliphatic rings. The molecule has 3 rings (SSSR count). The lowest BCUT2D eigenvalue weighted by Gasteiger charge is -2.33. The fraction of sp³-hybridized carbons (Fsp3) is 0.467. The molecule has 0 aliphatic carbocycles. The van der Waals surface area contributed by atoms with Crippen LogP contribution >= 0.6 is 0 Å². The predicted octanol–water partition coefficient (Wildman–Crippen LogP) is -0.0760. The molecule has 1 saturated heterocycles. The number of hydrogen-bond acceptors (Lipinski definition) is 6. The Morgan fingerprint density at radius 3 is 2.87 bits per heavy atom. The first-order valence-electron chi connectivity index (χ1n) is 7.73. The number of rotatable bonds is 5. The summed E-state index contributed by atoms with van der Waals surface area (Å²) in [6, 6.07) is 1.76. The van der Waals surface area contributed by atoms with E-state index in [0.29, 0.717) is 18.7 Å². The molecule has 3 heterocycles. The maximum atomic E-state index is 12.2. The highest BCUT2D eigenvalue weighted by Gasteiger charge is 2.17. The van der Waals surface area contributed by atoms with Gasteiger partial charge in [0, 0.05) is 57.1 Å². The molecule has 8 nitrogen and oxygen atoms in total. The lowest BCUT2D eigenvalue weighted by molar-refractivity contribution is 0.0949. The summed E-state index contributed by atoms with van der Waals surface area (Å²) in [6.45, 7) is 4.35. The first-order chi connectivity index (χ1) is 11.2. The van der Waals surface area contributed by atoms with E-state index in [-0.39, 0.29) is 5.91 Å². The van der Waals surface area contributed by atoms with Crippen molar-refractivity contribution in [1.82, 2.24) is 30.2 Å². The minimum atomic E-state index is -0.178. The molecule has 1 aliphatic heterocycles. The van der Waals surface area contributed by atoms with Gasteiger partial charge in [0.15, 0.2) is 0 Å². The van der Waals surface area contributed by atoms with Gasteiger partial charge in [-0.05, 0) is 7.05 Å². The van der Waals surface area contributed by atoms with Crippen molar-refractivity contribution in [2.24, 2.45) is 0 Å². The zero-order valence-corrected chi connectivity index (χ0v) is 13.2. The number of hydrogen-bond donors (Lipinski definition) is 2. The van der Waals surface area contributed by atoms with Crippen LogP contribution in [-0.2, 0) is 6.42 Å². The molecule has 0 radical (unpaired) electrons. The van der Waals surface area contributed by atoms with E-state index in [1.54, 1.807) is 18.6 Å². The number of imidazole rings is 1. The molecule has 1 amide bonds. The monoisotopic (exact) mass is 315 g/mol. The largest absolute Gasteiger partial charge is 0.354 e. The minimum Gasteiger partial charge on any atom is -0.354 e. The third-order valence-corrected chi connectivity index (χ3v) is 3.95. The van der Waals surface area contributed by atoms with E-state index >= 15 is 0 Å². The van der Waals surface area contributed by atoms with Crippen molar-refractivity contribution < 1.29 is 4.79 Å². The highest BCUT2D eigenvalue weighted by Crippen LogP contribution is 2.13. The SMILES string of the molecule is CN1CCN(c2cc(C(=O)NCCc3cnc[nH]3)ncn2)CC1. The summed E-state index contributed by atoms with van der Waals surface area (Å²) in [6.07, 6.45) is 5.55. The van der Waals surface area contributed by atoms with Crippen LogP contribution < -0.4 is 10.2 Å². The number of amides is 1. The first-order valence-corrected chi connectivity index (χ1v) is 7.73. The number of aromatic nitrogens is 4. The van der Waals surface area contributed by atoms with Crippen LogP contribution in [0.5, 0.6) is 0 Å². The lowest BCUT2D eigenvalue weighted by Crippen LogP contribution is -2.45. The smallest absolute Gasteiger partial charge is 0.270 e. The average molecular weight is 315 g/mol. The van der Waals surface area contributed by atoms with Crippen LogP contribution in [0.4, 0.5) is 5.82 Å². The summed E-state index contributed by atoms with van der Waals surface area (Å²) >= 11 is 0. The van der Waals surface area contributed by atoms with Gasteiger partial charge in [-0.1, -0.05) is 0 Å². The van der Waals surface area contributed by atoms with Crippen LogP contribution in [0, 0.1) is 0 Å². The van der Waals surface area contributed by atoms with Crippen molar-refractivity contribution in [3.05, 3.63) is 36.3 Å². The van der Waals surface area contributed by atoms with Crippen LogP contribution in [-0.4, -0.2) is 70.5 Å². The molecule has 23 heavy (non-hydrogen) atoms. The number of nitrogens with zero attached hydrogens (tertiary/aromatic N) is 5. The molecule has 0 saturated carbocycles. The molecule has 0 unspecified atom stereocenters. The van der Waals surface area contributed by atoms with E-state index in [9.17, 15) is 4.79 Å². The Morgan fingerprint density at radius 2 is 2.13 bits per heavy atom. The fourth-order valence-corrected chi connectivity index (χ4v) is 2.50. The van der Waals surface area contributed by atoms with Gasteiger partial charge in [0.2, 0.25) is 0 Å². The Kier molecular flexibility index (Phi) is 4.82. The predicted molar refractivity (Wildman–Crippen MR) is 86.4 cm³/mol. The molecule has 1 fully saturated rings. The zero-order chi connectivity index (χ0) is 16.1. The normalized spacial score (nSPS) is 15.6. The van der Waals surface area contributed by atoms with Crippen LogP contribution in [0.25, 0.3) is 0 Å². The van der Waals surface area contributed by atoms with Crippen molar-refractivity contribution in [2.75, 3.05) is 44.7 Å². The maximum Gasteiger partial charge on any atom is 0.270 e. The van der Waals surface area contributed by atoms with Gasteiger partial charge >= 0.3 is 0 Å². The fourth-order valence-electron chi connectivity index (χ4n) is 2.50. The molecule has 0 spiro atoms. The average Bonchev–Trinajstić information content (AvgIpc) is 3.09. The molecule has 0 atom stereocenters. The number of anilines is 1. The molecule has 0 bridgehead atoms. The molecule has 0 aromatic carbocycles. The second kappa shape index (κ2) is 7.19. The molecular weight excluding hydrogens is 294 g/mol. The Hall–Kier alpha value is -2.48. The van der Waals surface area contributed by atoms with Crippen molar-refractivity contribution in [1.29, 1.82) is 0 Å². The Labute approximate surface area is 135 Å². The van der Waals surface area contributed by atoms with E-state index in [2.05, 4.69) is 42.1 Å². The third-order valence-electron chi connectivity index (χ3n) is 3.95. The second-order valence-electron chi connectivity index (χ2n) is 5.63. The van der Waals surface area contributed by atoms with Crippen molar-refractivity contribution >= 4 is 11.7 Å². The van der Waals surface area contributed by atoms with E-state index in [1.165, 1.54) is 6.33 Å². The van der Waals surface area contributed by atoms with Gasteiger partial charge < -0.3 is 20.1 Å². The van der Waals surface area contributed by atoms with Crippen molar-refractivity contribution in [3.63, 3.8) is 0 Å². The molecule has 2 N–H and O–H groups in total. The van der Waals surface area contributed by atoms with E-state index in [4.69, 9.17) is 0 Å². The molecule has 122 valence electrons. The Balaban J connectivity index is 1.56. The van der Waals surface area contributed by atoms with Crippen LogP contribution in [0.3, 0.4) is 0 Å². The van der Waals surface area contributed by atoms with Crippen LogP contribution in [0.2, 0.25) is 0 Å². The summed E-state index contributed by atoms with van der Waals surface area (Å²) in [4.78, 5) is 32.0. The quantitative estimate of drug-likeness (QED) is 0.802. The van der Waals surface area contributed by atoms with Crippen LogP contribution in [0.1, 0.15) is 16.2 Å². The van der Waals surface area contributed by atoms with Crippen molar-refractivity contribution in [3.8, 4) is 0 Å². The Morgan fingerprint density at radius 1 is 1.30 bits per heavy atom. The molecule has 8 heteroatoms. The topological polar surface area (TPSA) is 90.0 Å². The summed E-state index contributed by atoms with van der Waals surface area (Å²) in [5.41, 5.74) is 1.39. The standard InChI is InChI=1S/C15H21N7O/c1-21-4-6-22(7-5-21)14-8-13(19-11-20-14)15(23)17-3-2-12-9-16-10-18-12/h8-11H,2-7H2,1H3,(H,16,18)(H,17,23). The lowest BCUT2D eigenvalue weighted by atomic mass is 10.3. The summed E-state index contributed by atoms with van der Waals surface area (Å²) in [5, 5.41) is 2.87. The highest BCUT2D eigenvalue weighted by atomic mass is 16.1. The minimum absolute atomic E-state index is 0.178. The van der Waals surface area contributed by atoms with Gasteiger partial charge in [-0.3, -0.25) is 4.79 Å². The molecular formula is C15H21N7O. The van der Waals surface area contributed by atoms with E-state index < -0.39 is 0 Å². The second-order valence-corrected chi connectivity index (χ2v) is 5.63. The highest BCUT2D eigenvalue weighted by molar-refractivity contribution is 5.92. The summed E-state index contributed by atoms with van der Waals surface area (Å²) in [5.74, 6) is 0.633. The van der Waals surface area contributed by atoms with Gasteiger partial charge in [0.1, 0.15) is 17.8 Å². The van der Waals surface area contributed by atoms with Gasteiger partial charge in [0.05, 0.1) is 6.33 Å². The summed E-state index contributed by atoms with van der Waals surface area (Å²) in [7, 11) is 2.11. The number of carbonyl (C=O) groups is 1. The molecule has 2 aromatic heterocycles. The van der Waals surface area contributed by atoms with Gasteiger partial charge in [-0.2, -0.15) is 0 Å². The number of H-pyrrole nitrogens is 1. The summed E-state index contributed by atoms with van der Waals surface area (Å²) < 4.78 is 0. The van der Waals surface area contributed by atoms with Gasteiger partial charge in [0.25, 0.3) is 5.91 Å². The van der Waals surface area contributed by atoms with Crippen LogP contribution in [0.15, 0.2) is 24.9 Å². The first kappa shape index (κ1) is 15.4. The molecule has 2 aromatic rings.